The number of hydrogen-bond donors (Lipinski definition) is 3. The number of carbonyl (C=O) groups excluding carboxylic acids is 1. The first-order valence-corrected chi connectivity index (χ1v) is 11.5. The standard InChI is InChI=1S/C25H30N4O4/c1-25(2,3)33-24(30)28-16-9-10-17(28)14-18(13-16)29-19-6-4-5-7-21(19)32-22-12-15(23(26)27-31)8-11-20(22)29/h4-8,11-12,16-18,31H,9-10,13-14H2,1-3H3,(H2,26,27)/t16-,17+,18+. The fraction of sp³-hybridized carbons (Fsp3) is 0.440. The summed E-state index contributed by atoms with van der Waals surface area (Å²) in [5, 5.41) is 17.0. The van der Waals surface area contributed by atoms with Crippen LogP contribution in [0.3, 0.4) is 0 Å². The van der Waals surface area contributed by atoms with Crippen molar-refractivity contribution in [1.29, 1.82) is 5.41 Å². The number of piperidine rings is 1. The van der Waals surface area contributed by atoms with Gasteiger partial charge in [0.05, 0.1) is 11.4 Å². The van der Waals surface area contributed by atoms with Crippen LogP contribution < -0.4 is 15.1 Å². The SMILES string of the molecule is CC(C)(C)OC(=O)N1[C@@H]2CC[C@H]1C[C@@H](N1c3ccccc3Oc3cc(C(=N)NO)ccc31)C2. The number of amides is 1. The van der Waals surface area contributed by atoms with Crippen molar-refractivity contribution in [2.75, 3.05) is 4.90 Å². The average Bonchev–Trinajstić information content (AvgIpc) is 3.05. The van der Waals surface area contributed by atoms with E-state index in [2.05, 4.69) is 11.0 Å². The van der Waals surface area contributed by atoms with Gasteiger partial charge in [-0.05, 0) is 76.8 Å². The molecule has 3 N–H and O–H groups in total. The van der Waals surface area contributed by atoms with Gasteiger partial charge in [-0.15, -0.1) is 0 Å². The molecule has 3 atom stereocenters. The van der Waals surface area contributed by atoms with Crippen LogP contribution in [0, 0.1) is 5.41 Å². The molecule has 0 radical (unpaired) electrons. The molecule has 174 valence electrons. The lowest BCUT2D eigenvalue weighted by molar-refractivity contribution is 0.00612. The Balaban J connectivity index is 1.47. The Morgan fingerprint density at radius 3 is 2.39 bits per heavy atom. The Kier molecular flexibility index (Phi) is 5.20. The lowest BCUT2D eigenvalue weighted by Crippen LogP contribution is -2.53. The molecule has 2 saturated heterocycles. The van der Waals surface area contributed by atoms with Crippen molar-refractivity contribution in [2.45, 2.75) is 70.2 Å². The second-order valence-corrected chi connectivity index (χ2v) is 10.0. The molecule has 8 nitrogen and oxygen atoms in total. The van der Waals surface area contributed by atoms with Crippen LogP contribution in [0.15, 0.2) is 42.5 Å². The third kappa shape index (κ3) is 3.88. The number of nitrogens with zero attached hydrogens (tertiary/aromatic N) is 2. The molecule has 0 spiro atoms. The van der Waals surface area contributed by atoms with Gasteiger partial charge in [-0.1, -0.05) is 12.1 Å². The zero-order chi connectivity index (χ0) is 23.3. The molecule has 33 heavy (non-hydrogen) atoms. The number of nitrogens with one attached hydrogen (secondary N) is 2. The second kappa shape index (κ2) is 7.95. The van der Waals surface area contributed by atoms with E-state index in [9.17, 15) is 4.79 Å². The maximum absolute atomic E-state index is 12.9. The van der Waals surface area contributed by atoms with Gasteiger partial charge in [0.25, 0.3) is 0 Å². The summed E-state index contributed by atoms with van der Waals surface area (Å²) in [5.41, 5.74) is 3.86. The van der Waals surface area contributed by atoms with E-state index in [1.807, 2.05) is 55.4 Å². The molecule has 3 aliphatic heterocycles. The van der Waals surface area contributed by atoms with Gasteiger partial charge < -0.3 is 19.3 Å². The number of amidine groups is 1. The average molecular weight is 451 g/mol. The number of anilines is 2. The third-order valence-electron chi connectivity index (χ3n) is 6.64. The number of ether oxygens (including phenoxy) is 2. The zero-order valence-electron chi connectivity index (χ0n) is 19.2. The summed E-state index contributed by atoms with van der Waals surface area (Å²) >= 11 is 0. The van der Waals surface area contributed by atoms with Crippen LogP contribution in [-0.4, -0.2) is 45.8 Å². The van der Waals surface area contributed by atoms with Gasteiger partial charge in [-0.2, -0.15) is 0 Å². The molecule has 2 fully saturated rings. The highest BCUT2D eigenvalue weighted by molar-refractivity contribution is 5.97. The first-order valence-electron chi connectivity index (χ1n) is 11.5. The van der Waals surface area contributed by atoms with Gasteiger partial charge in [0.1, 0.15) is 11.4 Å². The van der Waals surface area contributed by atoms with E-state index < -0.39 is 5.60 Å². The minimum atomic E-state index is -0.510. The molecular weight excluding hydrogens is 420 g/mol. The molecule has 0 unspecified atom stereocenters. The maximum Gasteiger partial charge on any atom is 0.410 e. The predicted molar refractivity (Wildman–Crippen MR) is 125 cm³/mol. The van der Waals surface area contributed by atoms with Crippen LogP contribution in [-0.2, 0) is 4.74 Å². The first kappa shape index (κ1) is 21.6. The van der Waals surface area contributed by atoms with Crippen LogP contribution in [0.25, 0.3) is 0 Å². The summed E-state index contributed by atoms with van der Waals surface area (Å²) in [4.78, 5) is 17.2. The highest BCUT2D eigenvalue weighted by Gasteiger charge is 2.47. The van der Waals surface area contributed by atoms with Crippen molar-refractivity contribution >= 4 is 23.3 Å². The Morgan fingerprint density at radius 2 is 1.73 bits per heavy atom. The lowest BCUT2D eigenvalue weighted by atomic mass is 9.94. The number of hydrogen-bond acceptors (Lipinski definition) is 6. The molecule has 3 heterocycles. The zero-order valence-corrected chi connectivity index (χ0v) is 19.2. The Labute approximate surface area is 193 Å². The Bertz CT molecular complexity index is 1080. The third-order valence-corrected chi connectivity index (χ3v) is 6.64. The van der Waals surface area contributed by atoms with E-state index in [1.54, 1.807) is 12.1 Å². The minimum absolute atomic E-state index is 0.0875. The second-order valence-electron chi connectivity index (χ2n) is 10.0. The van der Waals surface area contributed by atoms with Crippen LogP contribution in [0.1, 0.15) is 52.0 Å². The normalized spacial score (nSPS) is 23.3. The number of para-hydroxylation sites is 2. The van der Waals surface area contributed by atoms with Gasteiger partial charge in [0.15, 0.2) is 11.5 Å². The number of carbonyl (C=O) groups is 1. The number of benzene rings is 2. The quantitative estimate of drug-likeness (QED) is 0.332. The van der Waals surface area contributed by atoms with E-state index in [-0.39, 0.29) is 30.1 Å². The van der Waals surface area contributed by atoms with Crippen molar-refractivity contribution in [3.8, 4) is 11.5 Å². The summed E-state index contributed by atoms with van der Waals surface area (Å²) in [6.45, 7) is 5.71. The topological polar surface area (TPSA) is 98.1 Å². The van der Waals surface area contributed by atoms with E-state index in [1.165, 1.54) is 0 Å². The molecule has 0 aliphatic carbocycles. The van der Waals surface area contributed by atoms with Crippen molar-refractivity contribution in [1.82, 2.24) is 10.4 Å². The summed E-state index contributed by atoms with van der Waals surface area (Å²) in [5.74, 6) is 1.32. The molecule has 2 bridgehead atoms. The van der Waals surface area contributed by atoms with Gasteiger partial charge in [-0.25, -0.2) is 4.79 Å². The van der Waals surface area contributed by atoms with Crippen LogP contribution in [0.4, 0.5) is 16.2 Å². The molecule has 3 aliphatic rings. The molecular formula is C25H30N4O4. The number of hydroxylamine groups is 1. The van der Waals surface area contributed by atoms with Crippen molar-refractivity contribution in [3.63, 3.8) is 0 Å². The first-order chi connectivity index (χ1) is 15.7. The minimum Gasteiger partial charge on any atom is -0.453 e. The van der Waals surface area contributed by atoms with Gasteiger partial charge in [0.2, 0.25) is 0 Å². The van der Waals surface area contributed by atoms with Crippen molar-refractivity contribution in [2.24, 2.45) is 0 Å². The van der Waals surface area contributed by atoms with Crippen molar-refractivity contribution in [3.05, 3.63) is 48.0 Å². The Morgan fingerprint density at radius 1 is 1.06 bits per heavy atom. The summed E-state index contributed by atoms with van der Waals surface area (Å²) in [7, 11) is 0. The van der Waals surface area contributed by atoms with E-state index in [0.717, 1.165) is 42.8 Å². The molecule has 2 aromatic rings. The van der Waals surface area contributed by atoms with Crippen molar-refractivity contribution < 1.29 is 19.5 Å². The largest absolute Gasteiger partial charge is 0.453 e. The van der Waals surface area contributed by atoms with Crippen LogP contribution >= 0.6 is 0 Å². The highest BCUT2D eigenvalue weighted by Crippen LogP contribution is 2.51. The fourth-order valence-corrected chi connectivity index (χ4v) is 5.37. The van der Waals surface area contributed by atoms with Gasteiger partial charge >= 0.3 is 6.09 Å². The van der Waals surface area contributed by atoms with E-state index >= 15 is 0 Å². The molecule has 1 amide bonds. The molecule has 5 rings (SSSR count). The number of fused-ring (bicyclic) bond motifs is 4. The maximum atomic E-state index is 12.9. The molecule has 2 aromatic carbocycles. The molecule has 0 aromatic heterocycles. The predicted octanol–water partition coefficient (Wildman–Crippen LogP) is 5.17. The van der Waals surface area contributed by atoms with E-state index in [0.29, 0.717) is 11.3 Å². The van der Waals surface area contributed by atoms with Gasteiger partial charge in [0, 0.05) is 23.7 Å². The summed E-state index contributed by atoms with van der Waals surface area (Å²) < 4.78 is 11.9. The van der Waals surface area contributed by atoms with Crippen LogP contribution in [0.2, 0.25) is 0 Å². The summed E-state index contributed by atoms with van der Waals surface area (Å²) in [6.07, 6.45) is 3.45. The monoisotopic (exact) mass is 450 g/mol. The molecule has 0 saturated carbocycles. The smallest absolute Gasteiger partial charge is 0.410 e. The highest BCUT2D eigenvalue weighted by atomic mass is 16.6. The molecule has 8 heteroatoms. The lowest BCUT2D eigenvalue weighted by Gasteiger charge is -2.45. The Hall–Kier alpha value is -3.26. The number of rotatable bonds is 2. The van der Waals surface area contributed by atoms with E-state index in [4.69, 9.17) is 20.1 Å². The fourth-order valence-electron chi connectivity index (χ4n) is 5.37. The summed E-state index contributed by atoms with van der Waals surface area (Å²) in [6, 6.07) is 14.0. The van der Waals surface area contributed by atoms with Crippen LogP contribution in [0.5, 0.6) is 11.5 Å². The van der Waals surface area contributed by atoms with Gasteiger partial charge in [-0.3, -0.25) is 16.1 Å².